The lowest BCUT2D eigenvalue weighted by Crippen LogP contribution is -2.43. The number of carbonyl (C=O) groups is 2. The number of benzene rings is 1. The number of nitrogens with zero attached hydrogens (tertiary/aromatic N) is 4. The van der Waals surface area contributed by atoms with Gasteiger partial charge in [-0.3, -0.25) is 4.79 Å². The molecule has 0 aromatic heterocycles. The van der Waals surface area contributed by atoms with Gasteiger partial charge in [-0.2, -0.15) is 31.6 Å². The summed E-state index contributed by atoms with van der Waals surface area (Å²) in [7, 11) is 1.20. The SMILES string of the molecule is COC(=O)N1CCCN(C(=O)[C@@H]2CN(c3ccc(C#N)c(C(F)(F)F)c3)[C@@H](C(F)(F)F)O2)CC1. The third-order valence-electron chi connectivity index (χ3n) is 5.50. The van der Waals surface area contributed by atoms with E-state index < -0.39 is 60.0 Å². The lowest BCUT2D eigenvalue weighted by Gasteiger charge is -2.27. The van der Waals surface area contributed by atoms with Crippen LogP contribution in [0.2, 0.25) is 0 Å². The van der Waals surface area contributed by atoms with Crippen LogP contribution in [0.25, 0.3) is 0 Å². The molecule has 2 aliphatic rings. The molecule has 0 saturated carbocycles. The highest BCUT2D eigenvalue weighted by atomic mass is 19.4. The van der Waals surface area contributed by atoms with Gasteiger partial charge in [0, 0.05) is 31.9 Å². The number of hydrogen-bond acceptors (Lipinski definition) is 6. The number of alkyl halides is 6. The first-order valence-corrected chi connectivity index (χ1v) is 10.1. The number of amides is 2. The van der Waals surface area contributed by atoms with Gasteiger partial charge >= 0.3 is 18.4 Å². The minimum absolute atomic E-state index is 0.0273. The van der Waals surface area contributed by atoms with Gasteiger partial charge in [-0.25, -0.2) is 4.79 Å². The molecule has 2 fully saturated rings. The Morgan fingerprint density at radius 1 is 1.09 bits per heavy atom. The van der Waals surface area contributed by atoms with Gasteiger partial charge in [0.15, 0.2) is 6.10 Å². The summed E-state index contributed by atoms with van der Waals surface area (Å²) in [5.74, 6) is -0.770. The fourth-order valence-electron chi connectivity index (χ4n) is 3.87. The molecule has 3 rings (SSSR count). The summed E-state index contributed by atoms with van der Waals surface area (Å²) in [6, 6.07) is 3.52. The first-order chi connectivity index (χ1) is 15.9. The summed E-state index contributed by atoms with van der Waals surface area (Å²) >= 11 is 0. The van der Waals surface area contributed by atoms with E-state index in [2.05, 4.69) is 4.74 Å². The first-order valence-electron chi connectivity index (χ1n) is 10.1. The van der Waals surface area contributed by atoms with Crippen LogP contribution in [0.5, 0.6) is 0 Å². The Balaban J connectivity index is 1.84. The highest BCUT2D eigenvalue weighted by Gasteiger charge is 2.53. The molecule has 8 nitrogen and oxygen atoms in total. The van der Waals surface area contributed by atoms with Crippen molar-refractivity contribution in [3.63, 3.8) is 0 Å². The Morgan fingerprint density at radius 3 is 2.32 bits per heavy atom. The zero-order valence-corrected chi connectivity index (χ0v) is 17.8. The number of carbonyl (C=O) groups excluding carboxylic acids is 2. The van der Waals surface area contributed by atoms with Gasteiger partial charge in [0.25, 0.3) is 5.91 Å². The van der Waals surface area contributed by atoms with Gasteiger partial charge < -0.3 is 24.2 Å². The van der Waals surface area contributed by atoms with Crippen molar-refractivity contribution in [3.05, 3.63) is 29.3 Å². The highest BCUT2D eigenvalue weighted by Crippen LogP contribution is 2.39. The Labute approximate surface area is 190 Å². The quantitative estimate of drug-likeness (QED) is 0.588. The van der Waals surface area contributed by atoms with Crippen LogP contribution in [0.15, 0.2) is 18.2 Å². The summed E-state index contributed by atoms with van der Waals surface area (Å²) < 4.78 is 90.6. The van der Waals surface area contributed by atoms with Crippen molar-refractivity contribution in [3.8, 4) is 6.07 Å². The maximum Gasteiger partial charge on any atom is 0.433 e. The second-order valence-electron chi connectivity index (χ2n) is 7.65. The molecule has 2 amide bonds. The van der Waals surface area contributed by atoms with E-state index in [9.17, 15) is 35.9 Å². The molecule has 0 unspecified atom stereocenters. The zero-order chi connectivity index (χ0) is 25.3. The second kappa shape index (κ2) is 9.57. The third kappa shape index (κ3) is 5.30. The first kappa shape index (κ1) is 25.4. The van der Waals surface area contributed by atoms with Crippen molar-refractivity contribution in [2.24, 2.45) is 0 Å². The van der Waals surface area contributed by atoms with Crippen molar-refractivity contribution in [1.29, 1.82) is 5.26 Å². The van der Waals surface area contributed by atoms with E-state index in [1.807, 2.05) is 0 Å². The average molecular weight is 494 g/mol. The van der Waals surface area contributed by atoms with Crippen LogP contribution in [0.1, 0.15) is 17.5 Å². The average Bonchev–Trinajstić information content (AvgIpc) is 3.09. The van der Waals surface area contributed by atoms with Gasteiger partial charge in [-0.05, 0) is 24.6 Å². The Bertz CT molecular complexity index is 977. The number of hydrogen-bond donors (Lipinski definition) is 0. The minimum Gasteiger partial charge on any atom is -0.453 e. The molecule has 0 aliphatic carbocycles. The predicted octanol–water partition coefficient (Wildman–Crippen LogP) is 2.97. The van der Waals surface area contributed by atoms with E-state index in [1.165, 1.54) is 23.0 Å². The van der Waals surface area contributed by atoms with Crippen molar-refractivity contribution < 1.29 is 45.4 Å². The number of nitriles is 1. The fourth-order valence-corrected chi connectivity index (χ4v) is 3.87. The summed E-state index contributed by atoms with van der Waals surface area (Å²) in [6.45, 7) is -0.0895. The molecule has 14 heteroatoms. The Hall–Kier alpha value is -3.21. The molecular formula is C20H20F6N4O4. The summed E-state index contributed by atoms with van der Waals surface area (Å²) in [6.07, 6.45) is -14.5. The van der Waals surface area contributed by atoms with Crippen molar-refractivity contribution >= 4 is 17.7 Å². The van der Waals surface area contributed by atoms with Gasteiger partial charge in [0.2, 0.25) is 6.23 Å². The summed E-state index contributed by atoms with van der Waals surface area (Å²) in [4.78, 5) is 27.7. The molecule has 0 spiro atoms. The number of halogens is 6. The maximum absolute atomic E-state index is 13.7. The van der Waals surface area contributed by atoms with Crippen molar-refractivity contribution in [1.82, 2.24) is 9.80 Å². The van der Waals surface area contributed by atoms with Crippen LogP contribution < -0.4 is 4.90 Å². The normalized spacial score (nSPS) is 21.8. The zero-order valence-electron chi connectivity index (χ0n) is 17.8. The maximum atomic E-state index is 13.7. The standard InChI is InChI=1S/C20H20F6N4O4/c1-33-18(32)29-6-2-5-28(7-8-29)16(31)15-11-30(17(34-15)20(24,25)26)13-4-3-12(10-27)14(9-13)19(21,22)23/h3-4,9,15,17H,2,5-8,11H2,1H3/t15-,17+/m0/s1. The predicted molar refractivity (Wildman–Crippen MR) is 103 cm³/mol. The van der Waals surface area contributed by atoms with E-state index in [4.69, 9.17) is 10.00 Å². The summed E-state index contributed by atoms with van der Waals surface area (Å²) in [5, 5.41) is 8.92. The smallest absolute Gasteiger partial charge is 0.433 e. The highest BCUT2D eigenvalue weighted by molar-refractivity contribution is 5.82. The van der Waals surface area contributed by atoms with E-state index in [0.29, 0.717) is 17.4 Å². The van der Waals surface area contributed by atoms with Gasteiger partial charge in [0.1, 0.15) is 0 Å². The van der Waals surface area contributed by atoms with Crippen LogP contribution in [-0.2, 0) is 20.4 Å². The van der Waals surface area contributed by atoms with E-state index >= 15 is 0 Å². The molecule has 186 valence electrons. The van der Waals surface area contributed by atoms with Crippen LogP contribution >= 0.6 is 0 Å². The van der Waals surface area contributed by atoms with E-state index in [-0.39, 0.29) is 26.2 Å². The monoisotopic (exact) mass is 494 g/mol. The molecule has 34 heavy (non-hydrogen) atoms. The lowest BCUT2D eigenvalue weighted by atomic mass is 10.1. The van der Waals surface area contributed by atoms with Gasteiger partial charge in [-0.1, -0.05) is 0 Å². The Kier molecular flexibility index (Phi) is 7.15. The largest absolute Gasteiger partial charge is 0.453 e. The minimum atomic E-state index is -5.01. The second-order valence-corrected chi connectivity index (χ2v) is 7.65. The number of ether oxygens (including phenoxy) is 2. The van der Waals surface area contributed by atoms with Gasteiger partial charge in [0.05, 0.1) is 30.9 Å². The molecule has 2 atom stereocenters. The van der Waals surface area contributed by atoms with E-state index in [1.54, 1.807) is 0 Å². The summed E-state index contributed by atoms with van der Waals surface area (Å²) in [5.41, 5.74) is -2.62. The molecule has 2 heterocycles. The third-order valence-corrected chi connectivity index (χ3v) is 5.50. The molecule has 1 aromatic carbocycles. The fraction of sp³-hybridized carbons (Fsp3) is 0.550. The lowest BCUT2D eigenvalue weighted by molar-refractivity contribution is -0.214. The number of anilines is 1. The number of rotatable bonds is 2. The van der Waals surface area contributed by atoms with E-state index in [0.717, 1.165) is 12.1 Å². The van der Waals surface area contributed by atoms with Crippen molar-refractivity contribution in [2.45, 2.75) is 31.1 Å². The van der Waals surface area contributed by atoms with Gasteiger partial charge in [-0.15, -0.1) is 0 Å². The molecule has 2 saturated heterocycles. The topological polar surface area (TPSA) is 86.1 Å². The Morgan fingerprint density at radius 2 is 1.74 bits per heavy atom. The van der Waals surface area contributed by atoms with Crippen LogP contribution in [0.3, 0.4) is 0 Å². The van der Waals surface area contributed by atoms with Crippen LogP contribution in [0.4, 0.5) is 36.8 Å². The van der Waals surface area contributed by atoms with Crippen LogP contribution in [-0.4, -0.2) is 80.1 Å². The number of methoxy groups -OCH3 is 1. The van der Waals surface area contributed by atoms with Crippen molar-refractivity contribution in [2.75, 3.05) is 44.7 Å². The molecule has 2 aliphatic heterocycles. The van der Waals surface area contributed by atoms with Crippen LogP contribution in [0, 0.1) is 11.3 Å². The molecular weight excluding hydrogens is 474 g/mol. The molecule has 0 radical (unpaired) electrons. The molecule has 0 bridgehead atoms. The molecule has 1 aromatic rings. The molecule has 0 N–H and O–H groups in total.